The molecular weight excluding hydrogens is 329 g/mol. The maximum absolute atomic E-state index is 10.9. The highest BCUT2D eigenvalue weighted by Crippen LogP contribution is 2.30. The van der Waals surface area contributed by atoms with Gasteiger partial charge in [-0.25, -0.2) is 9.65 Å². The fraction of sp³-hybridized carbons (Fsp3) is 0.222. The third-order valence-corrected chi connectivity index (χ3v) is 3.36. The van der Waals surface area contributed by atoms with Crippen LogP contribution in [0.1, 0.15) is 5.56 Å². The van der Waals surface area contributed by atoms with E-state index in [9.17, 15) is 14.5 Å². The van der Waals surface area contributed by atoms with Crippen molar-refractivity contribution < 1.29 is 29.4 Å². The summed E-state index contributed by atoms with van der Waals surface area (Å²) in [5.41, 5.74) is 0.507. The van der Waals surface area contributed by atoms with Crippen LogP contribution in [0.25, 0.3) is 0 Å². The Labute approximate surface area is 111 Å². The summed E-state index contributed by atoms with van der Waals surface area (Å²) < 4.78 is 11.1. The van der Waals surface area contributed by atoms with Gasteiger partial charge in [0.25, 0.3) is 0 Å². The molecular formula is C9H11BrNO6P. The Kier molecular flexibility index (Phi) is 4.89. The molecule has 0 fully saturated rings. The van der Waals surface area contributed by atoms with Crippen LogP contribution in [0.5, 0.6) is 5.75 Å². The van der Waals surface area contributed by atoms with Crippen molar-refractivity contribution in [2.45, 2.75) is 12.5 Å². The molecule has 0 aromatic heterocycles. The van der Waals surface area contributed by atoms with Gasteiger partial charge in [-0.15, -0.1) is 0 Å². The van der Waals surface area contributed by atoms with Gasteiger partial charge in [0, 0.05) is 0 Å². The van der Waals surface area contributed by atoms with E-state index in [0.717, 1.165) is 0 Å². The molecule has 0 aliphatic heterocycles. The predicted octanol–water partition coefficient (Wildman–Crippen LogP) is 0.833. The topological polar surface area (TPSA) is 127 Å². The highest BCUT2D eigenvalue weighted by Gasteiger charge is 2.26. The molecule has 0 heterocycles. The number of rotatable bonds is 5. The van der Waals surface area contributed by atoms with Crippen molar-refractivity contribution in [3.8, 4) is 5.75 Å². The maximum atomic E-state index is 10.9. The predicted molar refractivity (Wildman–Crippen MR) is 66.1 cm³/mol. The van der Waals surface area contributed by atoms with Gasteiger partial charge in [-0.1, -0.05) is 6.07 Å². The van der Waals surface area contributed by atoms with Crippen LogP contribution in [-0.2, 0) is 15.8 Å². The van der Waals surface area contributed by atoms with Crippen LogP contribution >= 0.6 is 23.7 Å². The van der Waals surface area contributed by atoms with Gasteiger partial charge in [0.15, 0.2) is 0 Å². The molecule has 0 amide bonds. The zero-order chi connectivity index (χ0) is 13.9. The Balaban J connectivity index is 2.87. The summed E-state index contributed by atoms with van der Waals surface area (Å²) in [6.07, 6.45) is -0.126. The summed E-state index contributed by atoms with van der Waals surface area (Å²) in [6.45, 7) is 0. The second kappa shape index (κ2) is 5.81. The van der Waals surface area contributed by atoms with Crippen LogP contribution in [-0.4, -0.2) is 32.0 Å². The molecule has 9 heteroatoms. The van der Waals surface area contributed by atoms with Crippen LogP contribution in [0.15, 0.2) is 22.7 Å². The van der Waals surface area contributed by atoms with E-state index in [-0.39, 0.29) is 12.2 Å². The number of hydrogen-bond donors (Lipinski definition) is 5. The third-order valence-electron chi connectivity index (χ3n) is 2.07. The summed E-state index contributed by atoms with van der Waals surface area (Å²) >= 11 is 3.06. The molecule has 1 unspecified atom stereocenters. The average Bonchev–Trinajstić information content (AvgIpc) is 2.20. The van der Waals surface area contributed by atoms with Gasteiger partial charge in [0.1, 0.15) is 11.8 Å². The Morgan fingerprint density at radius 2 is 2.06 bits per heavy atom. The van der Waals surface area contributed by atoms with Gasteiger partial charge in [0.05, 0.1) is 4.47 Å². The number of phenols is 1. The molecule has 100 valence electrons. The molecule has 0 saturated heterocycles. The van der Waals surface area contributed by atoms with Crippen LogP contribution in [0.4, 0.5) is 0 Å². The zero-order valence-corrected chi connectivity index (χ0v) is 11.4. The number of aliphatic carboxylic acids is 1. The van der Waals surface area contributed by atoms with E-state index in [4.69, 9.17) is 14.9 Å². The molecule has 1 aromatic carbocycles. The highest BCUT2D eigenvalue weighted by molar-refractivity contribution is 9.10. The van der Waals surface area contributed by atoms with Crippen molar-refractivity contribution in [3.05, 3.63) is 28.2 Å². The Morgan fingerprint density at radius 3 is 2.50 bits per heavy atom. The number of carboxylic acid groups (broad SMARTS) is 1. The van der Waals surface area contributed by atoms with Gasteiger partial charge in [-0.2, -0.15) is 0 Å². The van der Waals surface area contributed by atoms with Crippen molar-refractivity contribution in [2.75, 3.05) is 0 Å². The molecule has 7 nitrogen and oxygen atoms in total. The minimum absolute atomic E-state index is 0.00595. The first kappa shape index (κ1) is 15.1. The van der Waals surface area contributed by atoms with E-state index in [2.05, 4.69) is 15.9 Å². The fourth-order valence-corrected chi connectivity index (χ4v) is 2.34. The van der Waals surface area contributed by atoms with Crippen molar-refractivity contribution in [2.24, 2.45) is 0 Å². The van der Waals surface area contributed by atoms with Gasteiger partial charge >= 0.3 is 13.7 Å². The minimum Gasteiger partial charge on any atom is -0.507 e. The number of phenolic OH excluding ortho intramolecular Hbond substituents is 1. The van der Waals surface area contributed by atoms with Crippen LogP contribution in [0.3, 0.4) is 0 Å². The second-order valence-corrected chi connectivity index (χ2v) is 5.75. The van der Waals surface area contributed by atoms with Crippen LogP contribution in [0.2, 0.25) is 0 Å². The Morgan fingerprint density at radius 1 is 1.44 bits per heavy atom. The lowest BCUT2D eigenvalue weighted by molar-refractivity contribution is -0.139. The standard InChI is InChI=1S/C9H11BrNO6P/c10-6-3-5(1-2-8(6)12)4-7(9(13)14)11-18(15,16)17/h1-3,7,12H,4H2,(H,13,14)(H3,11,15,16,17). The molecule has 0 aliphatic rings. The minimum atomic E-state index is -4.63. The lowest BCUT2D eigenvalue weighted by Crippen LogP contribution is -2.36. The summed E-state index contributed by atoms with van der Waals surface area (Å²) in [4.78, 5) is 28.3. The largest absolute Gasteiger partial charge is 0.507 e. The normalized spacial score (nSPS) is 13.3. The Hall–Kier alpha value is -0.920. The van der Waals surface area contributed by atoms with Crippen LogP contribution in [0, 0.1) is 0 Å². The molecule has 1 rings (SSSR count). The molecule has 0 saturated carbocycles. The van der Waals surface area contributed by atoms with E-state index in [1.165, 1.54) is 18.2 Å². The quantitative estimate of drug-likeness (QED) is 0.503. The number of aromatic hydroxyl groups is 1. The van der Waals surface area contributed by atoms with Gasteiger partial charge in [-0.3, -0.25) is 4.79 Å². The molecule has 1 atom stereocenters. The molecule has 0 bridgehead atoms. The van der Waals surface area contributed by atoms with E-state index >= 15 is 0 Å². The summed E-state index contributed by atoms with van der Waals surface area (Å²) in [5.74, 6) is -1.38. The van der Waals surface area contributed by atoms with Crippen molar-refractivity contribution in [1.29, 1.82) is 0 Å². The first-order valence-electron chi connectivity index (χ1n) is 4.72. The number of carboxylic acids is 1. The molecule has 18 heavy (non-hydrogen) atoms. The number of hydrogen-bond acceptors (Lipinski definition) is 3. The molecule has 0 spiro atoms. The van der Waals surface area contributed by atoms with Gasteiger partial charge in [-0.05, 0) is 40.0 Å². The fourth-order valence-electron chi connectivity index (χ4n) is 1.30. The number of nitrogens with one attached hydrogen (secondary N) is 1. The summed E-state index contributed by atoms with van der Waals surface area (Å²) in [5, 5.41) is 19.9. The van der Waals surface area contributed by atoms with E-state index in [0.29, 0.717) is 10.0 Å². The number of halogens is 1. The third kappa shape index (κ3) is 4.75. The highest BCUT2D eigenvalue weighted by atomic mass is 79.9. The number of carbonyl (C=O) groups is 1. The van der Waals surface area contributed by atoms with Gasteiger partial charge in [0.2, 0.25) is 0 Å². The molecule has 5 N–H and O–H groups in total. The molecule has 0 radical (unpaired) electrons. The Bertz CT molecular complexity index is 502. The second-order valence-electron chi connectivity index (χ2n) is 3.55. The molecule has 1 aromatic rings. The number of benzene rings is 1. The lowest BCUT2D eigenvalue weighted by atomic mass is 10.1. The SMILES string of the molecule is O=C(O)C(Cc1ccc(O)c(Br)c1)NP(=O)(O)O. The monoisotopic (exact) mass is 339 g/mol. The van der Waals surface area contributed by atoms with Crippen LogP contribution < -0.4 is 5.09 Å². The first-order chi connectivity index (χ1) is 8.19. The average molecular weight is 340 g/mol. The zero-order valence-electron chi connectivity index (χ0n) is 8.95. The van der Waals surface area contributed by atoms with E-state index < -0.39 is 19.8 Å². The first-order valence-corrected chi connectivity index (χ1v) is 7.13. The summed E-state index contributed by atoms with van der Waals surface area (Å²) in [7, 11) is -4.63. The maximum Gasteiger partial charge on any atom is 0.401 e. The van der Waals surface area contributed by atoms with E-state index in [1.807, 2.05) is 0 Å². The van der Waals surface area contributed by atoms with Crippen molar-refractivity contribution in [3.63, 3.8) is 0 Å². The molecule has 0 aliphatic carbocycles. The smallest absolute Gasteiger partial charge is 0.401 e. The van der Waals surface area contributed by atoms with Crippen molar-refractivity contribution in [1.82, 2.24) is 5.09 Å². The van der Waals surface area contributed by atoms with Crippen molar-refractivity contribution >= 4 is 29.6 Å². The summed E-state index contributed by atoms with van der Waals surface area (Å²) in [6, 6.07) is 2.89. The van der Waals surface area contributed by atoms with Gasteiger partial charge < -0.3 is 20.0 Å². The lowest BCUT2D eigenvalue weighted by Gasteiger charge is -2.15. The van der Waals surface area contributed by atoms with E-state index in [1.54, 1.807) is 5.09 Å².